The molecule has 1 aliphatic rings. The van der Waals surface area contributed by atoms with Crippen LogP contribution in [0.15, 0.2) is 30.3 Å². The molecular formula is C16H19NO4. The summed E-state index contributed by atoms with van der Waals surface area (Å²) in [6.45, 7) is 3.42. The Morgan fingerprint density at radius 2 is 2.00 bits per heavy atom. The summed E-state index contributed by atoms with van der Waals surface area (Å²) in [6.07, 6.45) is 0.154. The number of cyclic esters (lactones) is 1. The number of Topliss-reactive ketones (excluding diaryl/α,β-unsaturated/α-hetero) is 1. The second kappa shape index (κ2) is 6.52. The number of nitrogens with zero attached hydrogens (tertiary/aromatic N) is 1. The molecule has 1 aromatic rings. The fraction of sp³-hybridized carbons (Fsp3) is 0.438. The number of imide groups is 1. The summed E-state index contributed by atoms with van der Waals surface area (Å²) in [4.78, 5) is 36.9. The quantitative estimate of drug-likeness (QED) is 0.779. The van der Waals surface area contributed by atoms with Crippen molar-refractivity contribution in [2.75, 3.05) is 6.61 Å². The van der Waals surface area contributed by atoms with Crippen LogP contribution in [0, 0.1) is 5.92 Å². The second-order valence-corrected chi connectivity index (χ2v) is 5.17. The highest BCUT2D eigenvalue weighted by atomic mass is 16.6. The van der Waals surface area contributed by atoms with Gasteiger partial charge in [-0.05, 0) is 18.9 Å². The first-order valence-corrected chi connectivity index (χ1v) is 7.11. The fourth-order valence-electron chi connectivity index (χ4n) is 2.42. The molecule has 2 amide bonds. The molecule has 1 fully saturated rings. The highest BCUT2D eigenvalue weighted by molar-refractivity contribution is 6.06. The van der Waals surface area contributed by atoms with Crippen LogP contribution in [0.4, 0.5) is 4.79 Å². The fourth-order valence-corrected chi connectivity index (χ4v) is 2.42. The van der Waals surface area contributed by atoms with Crippen LogP contribution in [0.2, 0.25) is 0 Å². The molecule has 0 spiro atoms. The lowest BCUT2D eigenvalue weighted by Crippen LogP contribution is -2.44. The van der Waals surface area contributed by atoms with E-state index in [0.29, 0.717) is 6.42 Å². The number of hydrogen-bond donors (Lipinski definition) is 0. The molecule has 5 heteroatoms. The Kier molecular flexibility index (Phi) is 4.73. The van der Waals surface area contributed by atoms with E-state index in [1.54, 1.807) is 13.8 Å². The summed E-state index contributed by atoms with van der Waals surface area (Å²) in [5, 5.41) is 0. The van der Waals surface area contributed by atoms with E-state index in [-0.39, 0.29) is 24.9 Å². The molecule has 0 N–H and O–H groups in total. The van der Waals surface area contributed by atoms with Crippen molar-refractivity contribution in [1.82, 2.24) is 4.90 Å². The predicted molar refractivity (Wildman–Crippen MR) is 76.6 cm³/mol. The average Bonchev–Trinajstić information content (AvgIpc) is 2.86. The van der Waals surface area contributed by atoms with Crippen LogP contribution >= 0.6 is 0 Å². The highest BCUT2D eigenvalue weighted by Crippen LogP contribution is 2.20. The van der Waals surface area contributed by atoms with Gasteiger partial charge in [0.15, 0.2) is 0 Å². The molecule has 0 aromatic heterocycles. The molecule has 0 saturated carbocycles. The SMILES string of the molecule is CCC(=O)[C@@H](C)C(=O)N1C(=O)OC[C@@H]1Cc1ccccc1. The lowest BCUT2D eigenvalue weighted by molar-refractivity contribution is -0.138. The van der Waals surface area contributed by atoms with Gasteiger partial charge in [0, 0.05) is 6.42 Å². The molecule has 2 rings (SSSR count). The molecule has 1 aliphatic heterocycles. The smallest absolute Gasteiger partial charge is 0.417 e. The Balaban J connectivity index is 2.13. The lowest BCUT2D eigenvalue weighted by Gasteiger charge is -2.22. The number of hydrogen-bond acceptors (Lipinski definition) is 4. The molecule has 1 heterocycles. The van der Waals surface area contributed by atoms with Gasteiger partial charge in [0.25, 0.3) is 0 Å². The zero-order chi connectivity index (χ0) is 15.4. The average molecular weight is 289 g/mol. The number of benzene rings is 1. The first-order valence-electron chi connectivity index (χ1n) is 7.11. The largest absolute Gasteiger partial charge is 0.447 e. The summed E-state index contributed by atoms with van der Waals surface area (Å²) in [5.41, 5.74) is 1.02. The third kappa shape index (κ3) is 3.29. The van der Waals surface area contributed by atoms with Crippen LogP contribution in [0.3, 0.4) is 0 Å². The van der Waals surface area contributed by atoms with Gasteiger partial charge in [-0.3, -0.25) is 9.59 Å². The molecule has 5 nitrogen and oxygen atoms in total. The van der Waals surface area contributed by atoms with Gasteiger partial charge < -0.3 is 4.74 Å². The highest BCUT2D eigenvalue weighted by Gasteiger charge is 2.40. The Morgan fingerprint density at radius 3 is 2.62 bits per heavy atom. The predicted octanol–water partition coefficient (Wildman–Crippen LogP) is 2.19. The van der Waals surface area contributed by atoms with Crippen molar-refractivity contribution in [2.45, 2.75) is 32.7 Å². The maximum atomic E-state index is 12.4. The van der Waals surface area contributed by atoms with Crippen LogP contribution in [0.5, 0.6) is 0 Å². The number of rotatable bonds is 5. The Hall–Kier alpha value is -2.17. The first-order chi connectivity index (χ1) is 10.0. The molecular weight excluding hydrogens is 270 g/mol. The van der Waals surface area contributed by atoms with E-state index < -0.39 is 17.9 Å². The number of carbonyl (C=O) groups excluding carboxylic acids is 3. The molecule has 112 valence electrons. The lowest BCUT2D eigenvalue weighted by atomic mass is 10.0. The van der Waals surface area contributed by atoms with E-state index in [1.165, 1.54) is 0 Å². The van der Waals surface area contributed by atoms with E-state index >= 15 is 0 Å². The molecule has 2 atom stereocenters. The topological polar surface area (TPSA) is 63.7 Å². The molecule has 21 heavy (non-hydrogen) atoms. The zero-order valence-electron chi connectivity index (χ0n) is 12.2. The van der Waals surface area contributed by atoms with Gasteiger partial charge in [0.05, 0.1) is 12.0 Å². The van der Waals surface area contributed by atoms with Gasteiger partial charge in [-0.25, -0.2) is 9.69 Å². The summed E-state index contributed by atoms with van der Waals surface area (Å²) in [6, 6.07) is 9.24. The minimum atomic E-state index is -0.807. The van der Waals surface area contributed by atoms with Crippen LogP contribution in [0.1, 0.15) is 25.8 Å². The van der Waals surface area contributed by atoms with Crippen molar-refractivity contribution in [3.05, 3.63) is 35.9 Å². The maximum Gasteiger partial charge on any atom is 0.417 e. The van der Waals surface area contributed by atoms with Crippen LogP contribution in [-0.4, -0.2) is 35.3 Å². The third-order valence-electron chi connectivity index (χ3n) is 3.71. The molecule has 0 aliphatic carbocycles. The molecule has 0 radical (unpaired) electrons. The van der Waals surface area contributed by atoms with Gasteiger partial charge in [-0.1, -0.05) is 37.3 Å². The number of ether oxygens (including phenoxy) is 1. The number of carbonyl (C=O) groups is 3. The van der Waals surface area contributed by atoms with Gasteiger partial charge in [-0.2, -0.15) is 0 Å². The Morgan fingerprint density at radius 1 is 1.33 bits per heavy atom. The van der Waals surface area contributed by atoms with Crippen LogP contribution in [0.25, 0.3) is 0 Å². The van der Waals surface area contributed by atoms with Gasteiger partial charge >= 0.3 is 6.09 Å². The molecule has 1 saturated heterocycles. The minimum absolute atomic E-state index is 0.168. The van der Waals surface area contributed by atoms with E-state index in [4.69, 9.17) is 4.74 Å². The van der Waals surface area contributed by atoms with Crippen molar-refractivity contribution in [1.29, 1.82) is 0 Å². The summed E-state index contributed by atoms with van der Waals surface area (Å²) < 4.78 is 4.99. The van der Waals surface area contributed by atoms with Crippen molar-refractivity contribution in [3.63, 3.8) is 0 Å². The molecule has 0 unspecified atom stereocenters. The Labute approximate surface area is 123 Å². The van der Waals surface area contributed by atoms with Gasteiger partial charge in [0.2, 0.25) is 5.91 Å². The summed E-state index contributed by atoms with van der Waals surface area (Å²) in [7, 11) is 0. The standard InChI is InChI=1S/C16H19NO4/c1-3-14(18)11(2)15(19)17-13(10-21-16(17)20)9-12-7-5-4-6-8-12/h4-8,11,13H,3,9-10H2,1-2H3/t11-,13+/m1/s1. The van der Waals surface area contributed by atoms with Gasteiger partial charge in [0.1, 0.15) is 12.4 Å². The third-order valence-corrected chi connectivity index (χ3v) is 3.71. The summed E-state index contributed by atoms with van der Waals surface area (Å²) in [5.74, 6) is -1.44. The van der Waals surface area contributed by atoms with Crippen molar-refractivity contribution < 1.29 is 19.1 Å². The Bertz CT molecular complexity index is 540. The van der Waals surface area contributed by atoms with Crippen molar-refractivity contribution in [2.24, 2.45) is 5.92 Å². The number of ketones is 1. The second-order valence-electron chi connectivity index (χ2n) is 5.17. The first kappa shape index (κ1) is 15.2. The van der Waals surface area contributed by atoms with E-state index in [9.17, 15) is 14.4 Å². The van der Waals surface area contributed by atoms with E-state index in [1.807, 2.05) is 30.3 Å². The summed E-state index contributed by atoms with van der Waals surface area (Å²) >= 11 is 0. The van der Waals surface area contributed by atoms with Gasteiger partial charge in [-0.15, -0.1) is 0 Å². The minimum Gasteiger partial charge on any atom is -0.447 e. The van der Waals surface area contributed by atoms with Crippen LogP contribution in [-0.2, 0) is 20.7 Å². The molecule has 0 bridgehead atoms. The van der Waals surface area contributed by atoms with E-state index in [2.05, 4.69) is 0 Å². The number of amides is 2. The molecule has 1 aromatic carbocycles. The maximum absolute atomic E-state index is 12.4. The monoisotopic (exact) mass is 289 g/mol. The zero-order valence-corrected chi connectivity index (χ0v) is 12.2. The normalized spacial score (nSPS) is 19.2. The van der Waals surface area contributed by atoms with Crippen molar-refractivity contribution >= 4 is 17.8 Å². The van der Waals surface area contributed by atoms with Crippen molar-refractivity contribution in [3.8, 4) is 0 Å². The van der Waals surface area contributed by atoms with Crippen LogP contribution < -0.4 is 0 Å². The van der Waals surface area contributed by atoms with E-state index in [0.717, 1.165) is 10.5 Å².